The minimum absolute atomic E-state index is 0.00557. The summed E-state index contributed by atoms with van der Waals surface area (Å²) in [5.41, 5.74) is 5.37. The Bertz CT molecular complexity index is 317. The summed E-state index contributed by atoms with van der Waals surface area (Å²) in [6, 6.07) is 0.442. The van der Waals surface area contributed by atoms with Gasteiger partial charge in [-0.3, -0.25) is 0 Å². The van der Waals surface area contributed by atoms with Crippen molar-refractivity contribution < 1.29 is 14.3 Å². The number of aliphatic hydroxyl groups excluding tert-OH is 1. The van der Waals surface area contributed by atoms with E-state index in [4.69, 9.17) is 20.0 Å². The summed E-state index contributed by atoms with van der Waals surface area (Å²) in [4.78, 5) is 1.89. The zero-order chi connectivity index (χ0) is 10.7. The van der Waals surface area contributed by atoms with Crippen LogP contribution in [0.2, 0.25) is 0 Å². The summed E-state index contributed by atoms with van der Waals surface area (Å²) in [5.74, 6) is 0.414. The molecule has 1 saturated heterocycles. The SMILES string of the molecule is NCc1nnc(N2CCOC(CO)C2)o1. The molecule has 0 amide bonds. The predicted octanol–water partition coefficient (Wildman–Crippen LogP) is -1.27. The average Bonchev–Trinajstić information content (AvgIpc) is 2.78. The van der Waals surface area contributed by atoms with E-state index in [0.29, 0.717) is 31.6 Å². The summed E-state index contributed by atoms with van der Waals surface area (Å²) >= 11 is 0. The summed E-state index contributed by atoms with van der Waals surface area (Å²) < 4.78 is 10.6. The number of anilines is 1. The fraction of sp³-hybridized carbons (Fsp3) is 0.750. The van der Waals surface area contributed by atoms with Crippen LogP contribution < -0.4 is 10.6 Å². The zero-order valence-corrected chi connectivity index (χ0v) is 8.30. The molecule has 0 spiro atoms. The molecule has 15 heavy (non-hydrogen) atoms. The Kier molecular flexibility index (Phi) is 3.14. The molecule has 0 saturated carbocycles. The Morgan fingerprint density at radius 2 is 2.40 bits per heavy atom. The summed E-state index contributed by atoms with van der Waals surface area (Å²) in [6.07, 6.45) is -0.188. The van der Waals surface area contributed by atoms with Crippen molar-refractivity contribution in [1.82, 2.24) is 10.2 Å². The van der Waals surface area contributed by atoms with E-state index < -0.39 is 0 Å². The third kappa shape index (κ3) is 2.25. The van der Waals surface area contributed by atoms with Crippen LogP contribution in [-0.2, 0) is 11.3 Å². The summed E-state index contributed by atoms with van der Waals surface area (Å²) in [7, 11) is 0. The minimum Gasteiger partial charge on any atom is -0.407 e. The van der Waals surface area contributed by atoms with Gasteiger partial charge in [-0.15, -0.1) is 5.10 Å². The van der Waals surface area contributed by atoms with Crippen molar-refractivity contribution >= 4 is 6.01 Å². The lowest BCUT2D eigenvalue weighted by molar-refractivity contribution is 0.00224. The van der Waals surface area contributed by atoms with E-state index in [2.05, 4.69) is 10.2 Å². The van der Waals surface area contributed by atoms with E-state index in [1.54, 1.807) is 0 Å². The van der Waals surface area contributed by atoms with Crippen molar-refractivity contribution in [3.8, 4) is 0 Å². The van der Waals surface area contributed by atoms with Crippen LogP contribution in [0.25, 0.3) is 0 Å². The van der Waals surface area contributed by atoms with Crippen molar-refractivity contribution in [2.24, 2.45) is 5.73 Å². The smallest absolute Gasteiger partial charge is 0.318 e. The van der Waals surface area contributed by atoms with E-state index >= 15 is 0 Å². The third-order valence-corrected chi connectivity index (χ3v) is 2.24. The number of aromatic nitrogens is 2. The lowest BCUT2D eigenvalue weighted by Gasteiger charge is -2.30. The molecular formula is C8H14N4O3. The molecule has 1 atom stereocenters. The van der Waals surface area contributed by atoms with Crippen LogP contribution >= 0.6 is 0 Å². The number of nitrogens with zero attached hydrogens (tertiary/aromatic N) is 3. The fourth-order valence-corrected chi connectivity index (χ4v) is 1.46. The van der Waals surface area contributed by atoms with Gasteiger partial charge in [0.25, 0.3) is 0 Å². The van der Waals surface area contributed by atoms with Gasteiger partial charge in [-0.2, -0.15) is 0 Å². The van der Waals surface area contributed by atoms with E-state index in [-0.39, 0.29) is 19.3 Å². The van der Waals surface area contributed by atoms with Crippen LogP contribution in [0.4, 0.5) is 6.01 Å². The van der Waals surface area contributed by atoms with E-state index in [9.17, 15) is 0 Å². The molecule has 1 aromatic rings. The van der Waals surface area contributed by atoms with E-state index in [1.165, 1.54) is 0 Å². The minimum atomic E-state index is -0.188. The number of hydrogen-bond acceptors (Lipinski definition) is 7. The van der Waals surface area contributed by atoms with Crippen molar-refractivity contribution in [3.05, 3.63) is 5.89 Å². The van der Waals surface area contributed by atoms with Gasteiger partial charge in [-0.05, 0) is 0 Å². The maximum Gasteiger partial charge on any atom is 0.318 e. The largest absolute Gasteiger partial charge is 0.407 e. The van der Waals surface area contributed by atoms with Gasteiger partial charge in [-0.1, -0.05) is 5.10 Å². The number of aliphatic hydroxyl groups is 1. The molecule has 0 radical (unpaired) electrons. The van der Waals surface area contributed by atoms with Gasteiger partial charge in [0.2, 0.25) is 5.89 Å². The number of ether oxygens (including phenoxy) is 1. The number of hydrogen-bond donors (Lipinski definition) is 2. The van der Waals surface area contributed by atoms with Crippen LogP contribution in [0.5, 0.6) is 0 Å². The molecule has 1 aromatic heterocycles. The first-order chi connectivity index (χ1) is 7.33. The van der Waals surface area contributed by atoms with Crippen molar-refractivity contribution in [3.63, 3.8) is 0 Å². The Morgan fingerprint density at radius 3 is 3.07 bits per heavy atom. The molecular weight excluding hydrogens is 200 g/mol. The summed E-state index contributed by atoms with van der Waals surface area (Å²) in [6.45, 7) is 2.02. The highest BCUT2D eigenvalue weighted by Crippen LogP contribution is 2.15. The first-order valence-corrected chi connectivity index (χ1v) is 4.83. The Hall–Kier alpha value is -1.18. The first kappa shape index (κ1) is 10.3. The lowest BCUT2D eigenvalue weighted by atomic mass is 10.3. The molecule has 0 aliphatic carbocycles. The monoisotopic (exact) mass is 214 g/mol. The molecule has 0 aromatic carbocycles. The Labute approximate surface area is 86.8 Å². The number of nitrogens with two attached hydrogens (primary N) is 1. The second kappa shape index (κ2) is 4.56. The Balaban J connectivity index is 2.03. The molecule has 2 rings (SSSR count). The van der Waals surface area contributed by atoms with Gasteiger partial charge in [0.1, 0.15) is 0 Å². The molecule has 84 valence electrons. The molecule has 1 unspecified atom stereocenters. The lowest BCUT2D eigenvalue weighted by Crippen LogP contribution is -2.44. The fourth-order valence-electron chi connectivity index (χ4n) is 1.46. The van der Waals surface area contributed by atoms with Crippen LogP contribution in [-0.4, -0.2) is 47.7 Å². The van der Waals surface area contributed by atoms with Crippen molar-refractivity contribution in [2.45, 2.75) is 12.6 Å². The normalized spacial score (nSPS) is 22.0. The second-order valence-corrected chi connectivity index (χ2v) is 3.30. The predicted molar refractivity (Wildman–Crippen MR) is 51.2 cm³/mol. The molecule has 2 heterocycles. The highest BCUT2D eigenvalue weighted by molar-refractivity contribution is 5.25. The van der Waals surface area contributed by atoms with E-state index in [0.717, 1.165) is 0 Å². The highest BCUT2D eigenvalue weighted by atomic mass is 16.5. The molecule has 7 nitrogen and oxygen atoms in total. The van der Waals surface area contributed by atoms with Crippen LogP contribution in [0.15, 0.2) is 4.42 Å². The van der Waals surface area contributed by atoms with Gasteiger partial charge < -0.3 is 24.9 Å². The van der Waals surface area contributed by atoms with Gasteiger partial charge in [-0.25, -0.2) is 0 Å². The maximum absolute atomic E-state index is 8.97. The summed E-state index contributed by atoms with van der Waals surface area (Å²) in [5, 5.41) is 16.6. The third-order valence-electron chi connectivity index (χ3n) is 2.24. The standard InChI is InChI=1S/C8H14N4O3/c9-3-7-10-11-8(15-7)12-1-2-14-6(4-12)5-13/h6,13H,1-5,9H2. The molecule has 3 N–H and O–H groups in total. The van der Waals surface area contributed by atoms with Crippen molar-refractivity contribution in [2.75, 3.05) is 31.2 Å². The average molecular weight is 214 g/mol. The quantitative estimate of drug-likeness (QED) is 0.647. The molecule has 1 aliphatic heterocycles. The molecule has 0 bridgehead atoms. The highest BCUT2D eigenvalue weighted by Gasteiger charge is 2.23. The van der Waals surface area contributed by atoms with Crippen LogP contribution in [0.1, 0.15) is 5.89 Å². The second-order valence-electron chi connectivity index (χ2n) is 3.30. The molecule has 1 aliphatic rings. The van der Waals surface area contributed by atoms with Crippen LogP contribution in [0.3, 0.4) is 0 Å². The number of rotatable bonds is 3. The van der Waals surface area contributed by atoms with Gasteiger partial charge >= 0.3 is 6.01 Å². The molecule has 1 fully saturated rings. The topological polar surface area (TPSA) is 97.6 Å². The zero-order valence-electron chi connectivity index (χ0n) is 8.30. The van der Waals surface area contributed by atoms with Gasteiger partial charge in [0.15, 0.2) is 0 Å². The van der Waals surface area contributed by atoms with Gasteiger partial charge in [0, 0.05) is 6.54 Å². The maximum atomic E-state index is 8.97. The Morgan fingerprint density at radius 1 is 1.53 bits per heavy atom. The van der Waals surface area contributed by atoms with Crippen molar-refractivity contribution in [1.29, 1.82) is 0 Å². The first-order valence-electron chi connectivity index (χ1n) is 4.83. The van der Waals surface area contributed by atoms with E-state index in [1.807, 2.05) is 4.90 Å². The molecule has 7 heteroatoms. The number of morpholine rings is 1. The van der Waals surface area contributed by atoms with Gasteiger partial charge in [0.05, 0.1) is 32.4 Å². The van der Waals surface area contributed by atoms with Crippen LogP contribution in [0, 0.1) is 0 Å².